The van der Waals surface area contributed by atoms with Crippen LogP contribution in [0.5, 0.6) is 5.75 Å². The molecule has 0 spiro atoms. The van der Waals surface area contributed by atoms with Crippen LogP contribution in [-0.2, 0) is 52.7 Å². The van der Waals surface area contributed by atoms with E-state index in [9.17, 15) is 9.59 Å². The van der Waals surface area contributed by atoms with E-state index in [2.05, 4.69) is 5.10 Å². The zero-order valence-electron chi connectivity index (χ0n) is 23.0. The van der Waals surface area contributed by atoms with Gasteiger partial charge in [0.2, 0.25) is 0 Å². The summed E-state index contributed by atoms with van der Waals surface area (Å²) in [7, 11) is 7.68. The third kappa shape index (κ3) is 5.37. The van der Waals surface area contributed by atoms with Crippen LogP contribution in [0.4, 0.5) is 4.39 Å². The Morgan fingerprint density at radius 1 is 0.949 bits per heavy atom. The smallest absolute Gasteiger partial charge is 0.354 e. The SMILES string of the molecule is COC(=O)CCc1c(C(=O)OC)n(C)c2c(-c3c(C)nn(C)c3COCc3ccc(OC)cc3)c(F)ccc12. The van der Waals surface area contributed by atoms with E-state index in [0.717, 1.165) is 11.3 Å². The molecular weight excluding hydrogens is 505 g/mol. The van der Waals surface area contributed by atoms with Crippen molar-refractivity contribution < 1.29 is 32.9 Å². The highest BCUT2D eigenvalue weighted by atomic mass is 19.1. The van der Waals surface area contributed by atoms with Gasteiger partial charge in [-0.2, -0.15) is 5.10 Å². The van der Waals surface area contributed by atoms with E-state index < -0.39 is 17.8 Å². The number of hydrogen-bond acceptors (Lipinski definition) is 7. The molecule has 4 aromatic rings. The van der Waals surface area contributed by atoms with Crippen LogP contribution in [0.2, 0.25) is 0 Å². The number of methoxy groups -OCH3 is 3. The van der Waals surface area contributed by atoms with E-state index in [-0.39, 0.29) is 25.1 Å². The average Bonchev–Trinajstić information content (AvgIpc) is 3.38. The van der Waals surface area contributed by atoms with Crippen LogP contribution in [0.25, 0.3) is 22.0 Å². The maximum atomic E-state index is 15.7. The second-order valence-electron chi connectivity index (χ2n) is 9.14. The third-order valence-corrected chi connectivity index (χ3v) is 6.85. The molecule has 0 aliphatic carbocycles. The molecule has 39 heavy (non-hydrogen) atoms. The summed E-state index contributed by atoms with van der Waals surface area (Å²) in [6.45, 7) is 2.33. The van der Waals surface area contributed by atoms with E-state index in [4.69, 9.17) is 18.9 Å². The molecule has 206 valence electrons. The standard InChI is InChI=1S/C29H32FN3O6/c1-17-25(23(33(3)31-17)16-39-15-18-7-9-19(36-4)10-8-18)26-22(30)13-11-20-21(12-14-24(34)37-5)28(29(35)38-6)32(2)27(20)26/h7-11,13H,12,14-16H2,1-6H3. The van der Waals surface area contributed by atoms with Crippen LogP contribution in [0.1, 0.15) is 39.4 Å². The van der Waals surface area contributed by atoms with Gasteiger partial charge >= 0.3 is 11.9 Å². The second-order valence-corrected chi connectivity index (χ2v) is 9.14. The summed E-state index contributed by atoms with van der Waals surface area (Å²) in [4.78, 5) is 24.7. The summed E-state index contributed by atoms with van der Waals surface area (Å²) < 4.78 is 40.1. The fraction of sp³-hybridized carbons (Fsp3) is 0.345. The minimum Gasteiger partial charge on any atom is -0.497 e. The quantitative estimate of drug-likeness (QED) is 0.272. The molecule has 0 saturated carbocycles. The van der Waals surface area contributed by atoms with Crippen molar-refractivity contribution in [1.29, 1.82) is 0 Å². The van der Waals surface area contributed by atoms with Gasteiger partial charge in [-0.15, -0.1) is 0 Å². The molecule has 0 unspecified atom stereocenters. The number of ether oxygens (including phenoxy) is 4. The van der Waals surface area contributed by atoms with Crippen molar-refractivity contribution >= 4 is 22.8 Å². The molecule has 0 amide bonds. The van der Waals surface area contributed by atoms with Gasteiger partial charge in [-0.3, -0.25) is 9.48 Å². The van der Waals surface area contributed by atoms with Gasteiger partial charge in [0.25, 0.3) is 0 Å². The van der Waals surface area contributed by atoms with E-state index in [0.29, 0.717) is 45.6 Å². The number of carbonyl (C=O) groups excluding carboxylic acids is 2. The molecule has 2 heterocycles. The highest BCUT2D eigenvalue weighted by Crippen LogP contribution is 2.39. The van der Waals surface area contributed by atoms with E-state index in [1.54, 1.807) is 36.5 Å². The number of aryl methyl sites for hydroxylation is 4. The van der Waals surface area contributed by atoms with Crippen molar-refractivity contribution in [3.63, 3.8) is 0 Å². The molecule has 0 radical (unpaired) electrons. The summed E-state index contributed by atoms with van der Waals surface area (Å²) in [5.41, 5.74) is 4.50. The Balaban J connectivity index is 1.80. The van der Waals surface area contributed by atoms with E-state index in [1.807, 2.05) is 31.2 Å². The lowest BCUT2D eigenvalue weighted by atomic mass is 9.97. The third-order valence-electron chi connectivity index (χ3n) is 6.85. The number of carbonyl (C=O) groups is 2. The monoisotopic (exact) mass is 537 g/mol. The molecule has 0 saturated heterocycles. The van der Waals surface area contributed by atoms with Gasteiger partial charge in [-0.05, 0) is 48.7 Å². The number of esters is 2. The second kappa shape index (κ2) is 11.7. The fourth-order valence-corrected chi connectivity index (χ4v) is 4.96. The number of fused-ring (bicyclic) bond motifs is 1. The van der Waals surface area contributed by atoms with Crippen molar-refractivity contribution in [3.05, 3.63) is 70.4 Å². The molecule has 2 aromatic carbocycles. The summed E-state index contributed by atoms with van der Waals surface area (Å²) in [6, 6.07) is 10.6. The van der Waals surface area contributed by atoms with Gasteiger partial charge in [-0.25, -0.2) is 9.18 Å². The first-order valence-corrected chi connectivity index (χ1v) is 12.4. The minimum atomic E-state index is -0.578. The highest BCUT2D eigenvalue weighted by molar-refractivity contribution is 6.05. The zero-order valence-corrected chi connectivity index (χ0v) is 23.0. The number of rotatable bonds is 10. The summed E-state index contributed by atoms with van der Waals surface area (Å²) in [5, 5.41) is 5.20. The Hall–Kier alpha value is -4.18. The predicted molar refractivity (Wildman–Crippen MR) is 143 cm³/mol. The zero-order chi connectivity index (χ0) is 28.3. The normalized spacial score (nSPS) is 11.2. The molecular formula is C29H32FN3O6. The lowest BCUT2D eigenvalue weighted by Crippen LogP contribution is -2.11. The van der Waals surface area contributed by atoms with Gasteiger partial charge in [0, 0.05) is 37.0 Å². The number of halogens is 1. The number of hydrogen-bond donors (Lipinski definition) is 0. The van der Waals surface area contributed by atoms with Gasteiger partial charge in [0.1, 0.15) is 17.3 Å². The molecule has 9 nitrogen and oxygen atoms in total. The molecule has 0 fully saturated rings. The Kier molecular flexibility index (Phi) is 8.35. The van der Waals surface area contributed by atoms with Gasteiger partial charge in [0.15, 0.2) is 0 Å². The molecule has 0 N–H and O–H groups in total. The van der Waals surface area contributed by atoms with Crippen LogP contribution in [0, 0.1) is 12.7 Å². The predicted octanol–water partition coefficient (Wildman–Crippen LogP) is 4.64. The van der Waals surface area contributed by atoms with Crippen LogP contribution >= 0.6 is 0 Å². The maximum Gasteiger partial charge on any atom is 0.354 e. The van der Waals surface area contributed by atoms with Crippen molar-refractivity contribution in [3.8, 4) is 16.9 Å². The van der Waals surface area contributed by atoms with Crippen molar-refractivity contribution in [2.24, 2.45) is 14.1 Å². The first-order chi connectivity index (χ1) is 18.7. The summed E-state index contributed by atoms with van der Waals surface area (Å²) >= 11 is 0. The lowest BCUT2D eigenvalue weighted by molar-refractivity contribution is -0.140. The number of aromatic nitrogens is 3. The Morgan fingerprint density at radius 3 is 2.31 bits per heavy atom. The average molecular weight is 538 g/mol. The Labute approximate surface area is 226 Å². The van der Waals surface area contributed by atoms with Crippen LogP contribution in [-0.4, -0.2) is 47.6 Å². The molecule has 0 atom stereocenters. The van der Waals surface area contributed by atoms with Crippen molar-refractivity contribution in [1.82, 2.24) is 14.3 Å². The molecule has 4 rings (SSSR count). The van der Waals surface area contributed by atoms with Gasteiger partial charge in [-0.1, -0.05) is 12.1 Å². The molecule has 0 aliphatic heterocycles. The largest absolute Gasteiger partial charge is 0.497 e. The molecule has 0 bridgehead atoms. The number of benzene rings is 2. The highest BCUT2D eigenvalue weighted by Gasteiger charge is 2.28. The fourth-order valence-electron chi connectivity index (χ4n) is 4.96. The molecule has 2 aromatic heterocycles. The van der Waals surface area contributed by atoms with Gasteiger partial charge in [0.05, 0.1) is 51.4 Å². The van der Waals surface area contributed by atoms with Gasteiger partial charge < -0.3 is 23.5 Å². The van der Waals surface area contributed by atoms with Crippen molar-refractivity contribution in [2.45, 2.75) is 33.0 Å². The molecule has 0 aliphatic rings. The Bertz CT molecular complexity index is 1520. The Morgan fingerprint density at radius 2 is 1.67 bits per heavy atom. The maximum absolute atomic E-state index is 15.7. The summed E-state index contributed by atoms with van der Waals surface area (Å²) in [6.07, 6.45) is 0.284. The molecule has 10 heteroatoms. The van der Waals surface area contributed by atoms with Crippen LogP contribution in [0.3, 0.4) is 0 Å². The topological polar surface area (TPSA) is 93.8 Å². The minimum absolute atomic E-state index is 0.0582. The van der Waals surface area contributed by atoms with E-state index >= 15 is 4.39 Å². The first-order valence-electron chi connectivity index (χ1n) is 12.4. The first kappa shape index (κ1) is 27.8. The lowest BCUT2D eigenvalue weighted by Gasteiger charge is -2.12. The number of nitrogens with zero attached hydrogens (tertiary/aromatic N) is 3. The summed E-state index contributed by atoms with van der Waals surface area (Å²) in [5.74, 6) is -0.700. The van der Waals surface area contributed by atoms with Crippen molar-refractivity contribution in [2.75, 3.05) is 21.3 Å². The van der Waals surface area contributed by atoms with Crippen LogP contribution < -0.4 is 4.74 Å². The van der Waals surface area contributed by atoms with E-state index in [1.165, 1.54) is 20.3 Å². The van der Waals surface area contributed by atoms with Crippen LogP contribution in [0.15, 0.2) is 36.4 Å².